The Labute approximate surface area is 160 Å². The number of nitrogens with one attached hydrogen (secondary N) is 1. The van der Waals surface area contributed by atoms with Gasteiger partial charge in [0.1, 0.15) is 5.82 Å². The molecular formula is C20H18N8. The quantitative estimate of drug-likeness (QED) is 0.525. The largest absolute Gasteiger partial charge is 0.266 e. The summed E-state index contributed by atoms with van der Waals surface area (Å²) in [5.41, 5.74) is 6.33. The van der Waals surface area contributed by atoms with Gasteiger partial charge in [0.15, 0.2) is 5.65 Å². The van der Waals surface area contributed by atoms with Gasteiger partial charge in [-0.1, -0.05) is 48.5 Å². The van der Waals surface area contributed by atoms with Crippen LogP contribution in [0.1, 0.15) is 17.0 Å². The van der Waals surface area contributed by atoms with E-state index in [1.54, 1.807) is 0 Å². The summed E-state index contributed by atoms with van der Waals surface area (Å²) < 4.78 is 3.94. The monoisotopic (exact) mass is 370 g/mol. The lowest BCUT2D eigenvalue weighted by atomic mass is 9.98. The molecule has 5 aromatic rings. The Morgan fingerprint density at radius 1 is 0.964 bits per heavy atom. The molecule has 0 amide bonds. The zero-order valence-corrected chi connectivity index (χ0v) is 15.5. The van der Waals surface area contributed by atoms with E-state index in [9.17, 15) is 0 Å². The Morgan fingerprint density at radius 2 is 1.75 bits per heavy atom. The molecule has 8 nitrogen and oxygen atoms in total. The number of aryl methyl sites for hydroxylation is 2. The molecule has 28 heavy (non-hydrogen) atoms. The summed E-state index contributed by atoms with van der Waals surface area (Å²) in [6.45, 7) is 4.69. The molecule has 3 aromatic heterocycles. The molecule has 0 atom stereocenters. The summed E-state index contributed by atoms with van der Waals surface area (Å²) in [4.78, 5) is 4.47. The normalized spacial score (nSPS) is 11.4. The first kappa shape index (κ1) is 16.4. The van der Waals surface area contributed by atoms with Gasteiger partial charge in [-0.2, -0.15) is 9.84 Å². The van der Waals surface area contributed by atoms with Crippen molar-refractivity contribution >= 4 is 5.65 Å². The van der Waals surface area contributed by atoms with Gasteiger partial charge >= 0.3 is 0 Å². The number of hydrogen-bond donors (Lipinski definition) is 1. The minimum atomic E-state index is 0.589. The van der Waals surface area contributed by atoms with Crippen LogP contribution in [0.25, 0.3) is 28.2 Å². The minimum Gasteiger partial charge on any atom is -0.266 e. The molecule has 3 heterocycles. The second-order valence-electron chi connectivity index (χ2n) is 6.76. The Bertz CT molecular complexity index is 1250. The maximum absolute atomic E-state index is 4.48. The molecule has 5 rings (SSSR count). The molecule has 0 aliphatic heterocycles. The highest BCUT2D eigenvalue weighted by Gasteiger charge is 2.12. The van der Waals surface area contributed by atoms with E-state index < -0.39 is 0 Å². The predicted octanol–water partition coefficient (Wildman–Crippen LogP) is 3.04. The fourth-order valence-corrected chi connectivity index (χ4v) is 3.46. The van der Waals surface area contributed by atoms with Gasteiger partial charge in [-0.25, -0.2) is 4.98 Å². The third-order valence-corrected chi connectivity index (χ3v) is 4.76. The predicted molar refractivity (Wildman–Crippen MR) is 105 cm³/mol. The summed E-state index contributed by atoms with van der Waals surface area (Å²) in [5.74, 6) is 1.37. The highest BCUT2D eigenvalue weighted by molar-refractivity contribution is 5.80. The molecule has 0 fully saturated rings. The van der Waals surface area contributed by atoms with Gasteiger partial charge in [-0.3, -0.25) is 4.68 Å². The van der Waals surface area contributed by atoms with Crippen molar-refractivity contribution in [3.8, 4) is 22.5 Å². The molecule has 138 valence electrons. The van der Waals surface area contributed by atoms with Crippen molar-refractivity contribution in [2.45, 2.75) is 20.4 Å². The van der Waals surface area contributed by atoms with Crippen LogP contribution in [0.2, 0.25) is 0 Å². The molecule has 0 radical (unpaired) electrons. The van der Waals surface area contributed by atoms with Gasteiger partial charge in [-0.15, -0.1) is 15.3 Å². The van der Waals surface area contributed by atoms with Gasteiger partial charge in [0.25, 0.3) is 0 Å². The number of benzene rings is 2. The lowest BCUT2D eigenvalue weighted by Crippen LogP contribution is -2.07. The highest BCUT2D eigenvalue weighted by atomic mass is 15.5. The zero-order valence-electron chi connectivity index (χ0n) is 15.5. The van der Waals surface area contributed by atoms with Gasteiger partial charge in [0.2, 0.25) is 5.82 Å². The average Bonchev–Trinajstić information content (AvgIpc) is 3.43. The van der Waals surface area contributed by atoms with Crippen LogP contribution >= 0.6 is 0 Å². The summed E-state index contributed by atoms with van der Waals surface area (Å²) in [7, 11) is 0. The number of rotatable bonds is 4. The van der Waals surface area contributed by atoms with E-state index in [0.717, 1.165) is 40.3 Å². The molecule has 0 bridgehead atoms. The van der Waals surface area contributed by atoms with Gasteiger partial charge in [-0.05, 0) is 35.8 Å². The van der Waals surface area contributed by atoms with E-state index in [4.69, 9.17) is 0 Å². The first-order valence-electron chi connectivity index (χ1n) is 9.00. The van der Waals surface area contributed by atoms with E-state index in [1.807, 2.05) is 29.8 Å². The number of aromatic nitrogens is 8. The number of H-pyrrole nitrogens is 1. The molecule has 0 saturated heterocycles. The number of nitrogens with zero attached hydrogens (tertiary/aromatic N) is 7. The molecule has 2 aromatic carbocycles. The average molecular weight is 370 g/mol. The standard InChI is InChI=1S/C20H18N8/c1-13-11-27(28-20(13)21-14(2)24-28)12-15-7-9-16(10-8-15)17-5-3-4-6-18(17)19-22-25-26-23-19/h3-11H,12H2,1-2H3,(H,22,23,25,26). The van der Waals surface area contributed by atoms with Crippen LogP contribution in [0.5, 0.6) is 0 Å². The van der Waals surface area contributed by atoms with Crippen LogP contribution < -0.4 is 0 Å². The number of hydrogen-bond acceptors (Lipinski definition) is 5. The van der Waals surface area contributed by atoms with Gasteiger partial charge < -0.3 is 0 Å². The highest BCUT2D eigenvalue weighted by Crippen LogP contribution is 2.29. The van der Waals surface area contributed by atoms with Crippen molar-refractivity contribution in [1.29, 1.82) is 0 Å². The zero-order chi connectivity index (χ0) is 19.1. The number of tetrazole rings is 1. The Kier molecular flexibility index (Phi) is 3.75. The fraction of sp³-hybridized carbons (Fsp3) is 0.150. The van der Waals surface area contributed by atoms with Crippen LogP contribution in [0.3, 0.4) is 0 Å². The van der Waals surface area contributed by atoms with E-state index in [-0.39, 0.29) is 0 Å². The second kappa shape index (κ2) is 6.41. The van der Waals surface area contributed by atoms with Crippen LogP contribution in [0.4, 0.5) is 0 Å². The maximum atomic E-state index is 4.48. The van der Waals surface area contributed by atoms with Crippen LogP contribution in [-0.2, 0) is 6.54 Å². The van der Waals surface area contributed by atoms with Crippen molar-refractivity contribution in [3.63, 3.8) is 0 Å². The third kappa shape index (κ3) is 2.75. The number of aromatic amines is 1. The second-order valence-corrected chi connectivity index (χ2v) is 6.76. The molecule has 1 N–H and O–H groups in total. The smallest absolute Gasteiger partial charge is 0.205 e. The van der Waals surface area contributed by atoms with E-state index in [0.29, 0.717) is 5.82 Å². The Balaban J connectivity index is 1.47. The first-order chi connectivity index (χ1) is 13.7. The lowest BCUT2D eigenvalue weighted by Gasteiger charge is -2.09. The van der Waals surface area contributed by atoms with Crippen molar-refractivity contribution in [3.05, 3.63) is 71.7 Å². The summed E-state index contributed by atoms with van der Waals surface area (Å²) in [5, 5.41) is 18.9. The number of fused-ring (bicyclic) bond motifs is 1. The molecule has 8 heteroatoms. The molecule has 0 aliphatic rings. The van der Waals surface area contributed by atoms with E-state index >= 15 is 0 Å². The Hall–Kier alpha value is -3.81. The van der Waals surface area contributed by atoms with Gasteiger partial charge in [0, 0.05) is 17.3 Å². The van der Waals surface area contributed by atoms with Crippen LogP contribution in [0, 0.1) is 13.8 Å². The van der Waals surface area contributed by atoms with E-state index in [1.165, 1.54) is 5.56 Å². The van der Waals surface area contributed by atoms with Crippen LogP contribution in [0.15, 0.2) is 54.7 Å². The molecule has 0 spiro atoms. The Morgan fingerprint density at radius 3 is 2.50 bits per heavy atom. The molecular weight excluding hydrogens is 352 g/mol. The summed E-state index contributed by atoms with van der Waals surface area (Å²) in [6, 6.07) is 16.6. The van der Waals surface area contributed by atoms with Crippen molar-refractivity contribution < 1.29 is 0 Å². The maximum Gasteiger partial charge on any atom is 0.205 e. The van der Waals surface area contributed by atoms with Gasteiger partial charge in [0.05, 0.1) is 6.54 Å². The third-order valence-electron chi connectivity index (χ3n) is 4.76. The fourth-order valence-electron chi connectivity index (χ4n) is 3.46. The summed E-state index contributed by atoms with van der Waals surface area (Å²) >= 11 is 0. The molecule has 0 saturated carbocycles. The topological polar surface area (TPSA) is 89.6 Å². The van der Waals surface area contributed by atoms with E-state index in [2.05, 4.69) is 78.8 Å². The lowest BCUT2D eigenvalue weighted by molar-refractivity contribution is 0.582. The summed E-state index contributed by atoms with van der Waals surface area (Å²) in [6.07, 6.45) is 2.08. The van der Waals surface area contributed by atoms with Crippen LogP contribution in [-0.4, -0.2) is 40.0 Å². The van der Waals surface area contributed by atoms with Crippen molar-refractivity contribution in [2.24, 2.45) is 0 Å². The first-order valence-corrected chi connectivity index (χ1v) is 9.00. The minimum absolute atomic E-state index is 0.589. The SMILES string of the molecule is Cc1nc2c(C)cn(Cc3ccc(-c4ccccc4-c4nn[nH]n4)cc3)n2n1. The van der Waals surface area contributed by atoms with Crippen molar-refractivity contribution in [2.75, 3.05) is 0 Å². The molecule has 0 aliphatic carbocycles. The van der Waals surface area contributed by atoms with Crippen molar-refractivity contribution in [1.82, 2.24) is 40.0 Å². The molecule has 0 unspecified atom stereocenters.